The Labute approximate surface area is 130 Å². The average molecular weight is 312 g/mol. The highest BCUT2D eigenvalue weighted by Gasteiger charge is 2.24. The minimum absolute atomic E-state index is 0.447. The van der Waals surface area contributed by atoms with Crippen LogP contribution in [0.15, 0.2) is 53.4 Å². The lowest BCUT2D eigenvalue weighted by molar-refractivity contribution is 0.253. The Bertz CT molecular complexity index is 792. The van der Waals surface area contributed by atoms with Crippen molar-refractivity contribution < 1.29 is 4.74 Å². The Kier molecular flexibility index (Phi) is 3.11. The molecule has 4 heterocycles. The summed E-state index contributed by atoms with van der Waals surface area (Å²) in [6.07, 6.45) is 3.31. The topological polar surface area (TPSA) is 48.1 Å². The molecule has 1 aliphatic rings. The number of pyridine rings is 1. The summed E-state index contributed by atoms with van der Waals surface area (Å²) < 4.78 is 5.87. The summed E-state index contributed by atoms with van der Waals surface area (Å²) in [7, 11) is 0. The van der Waals surface area contributed by atoms with Gasteiger partial charge in [-0.1, -0.05) is 12.1 Å². The van der Waals surface area contributed by atoms with Gasteiger partial charge in [-0.3, -0.25) is 10.7 Å². The molecule has 5 heteroatoms. The largest absolute Gasteiger partial charge is 0.469 e. The Morgan fingerprint density at radius 3 is 2.52 bits per heavy atom. The molecule has 3 nitrogen and oxygen atoms in total. The monoisotopic (exact) mass is 312 g/mol. The fraction of sp³-hybridized carbons (Fsp3) is 0.0625. The maximum absolute atomic E-state index is 6.05. The molecule has 1 unspecified atom stereocenters. The highest BCUT2D eigenvalue weighted by molar-refractivity contribution is 7.13. The molecule has 4 rings (SSSR count). The van der Waals surface area contributed by atoms with Crippen LogP contribution in [0.5, 0.6) is 5.75 Å². The molecule has 0 saturated heterocycles. The molecule has 104 valence electrons. The van der Waals surface area contributed by atoms with Crippen LogP contribution < -0.4 is 10.5 Å². The van der Waals surface area contributed by atoms with Gasteiger partial charge in [0.2, 0.25) is 0 Å². The normalized spacial score (nSPS) is 17.0. The Morgan fingerprint density at radius 2 is 1.81 bits per heavy atom. The highest BCUT2D eigenvalue weighted by atomic mass is 32.1. The van der Waals surface area contributed by atoms with Crippen LogP contribution in [0.2, 0.25) is 0 Å². The van der Waals surface area contributed by atoms with Gasteiger partial charge >= 0.3 is 0 Å². The molecule has 1 aliphatic heterocycles. The van der Waals surface area contributed by atoms with Gasteiger partial charge < -0.3 is 4.74 Å². The van der Waals surface area contributed by atoms with Crippen LogP contribution in [0.4, 0.5) is 0 Å². The van der Waals surface area contributed by atoms with Crippen molar-refractivity contribution in [3.63, 3.8) is 0 Å². The van der Waals surface area contributed by atoms with E-state index in [1.54, 1.807) is 22.7 Å². The number of aromatic nitrogens is 1. The fourth-order valence-corrected chi connectivity index (χ4v) is 3.93. The van der Waals surface area contributed by atoms with Gasteiger partial charge in [0, 0.05) is 27.1 Å². The summed E-state index contributed by atoms with van der Waals surface area (Å²) in [4.78, 5) is 6.84. The molecule has 0 fully saturated rings. The molecule has 0 spiro atoms. The number of ether oxygens (including phenoxy) is 1. The summed E-state index contributed by atoms with van der Waals surface area (Å²) in [5.41, 5.74) is 9.02. The number of rotatable bonds is 2. The van der Waals surface area contributed by atoms with Crippen LogP contribution in [0.1, 0.15) is 10.6 Å². The van der Waals surface area contributed by atoms with E-state index in [2.05, 4.69) is 27.9 Å². The smallest absolute Gasteiger partial charge is 0.168 e. The van der Waals surface area contributed by atoms with Gasteiger partial charge in [-0.05, 0) is 35.0 Å². The number of fused-ring (bicyclic) bond motifs is 1. The predicted octanol–water partition coefficient (Wildman–Crippen LogP) is 3.98. The summed E-state index contributed by atoms with van der Waals surface area (Å²) in [6, 6.07) is 10.2. The van der Waals surface area contributed by atoms with Crippen molar-refractivity contribution in [2.24, 2.45) is 5.73 Å². The van der Waals surface area contributed by atoms with E-state index in [-0.39, 0.29) is 0 Å². The minimum atomic E-state index is -0.447. The predicted molar refractivity (Wildman–Crippen MR) is 87.6 cm³/mol. The van der Waals surface area contributed by atoms with Crippen LogP contribution >= 0.6 is 22.7 Å². The third-order valence-electron chi connectivity index (χ3n) is 3.32. The second-order valence-electron chi connectivity index (χ2n) is 4.65. The molecule has 3 aromatic heterocycles. The van der Waals surface area contributed by atoms with Gasteiger partial charge in [0.15, 0.2) is 12.0 Å². The van der Waals surface area contributed by atoms with Gasteiger partial charge in [0.1, 0.15) is 5.69 Å². The first-order valence-corrected chi connectivity index (χ1v) is 8.30. The maximum Gasteiger partial charge on any atom is 0.168 e. The van der Waals surface area contributed by atoms with Crippen LogP contribution in [-0.2, 0) is 0 Å². The summed E-state index contributed by atoms with van der Waals surface area (Å²) in [5.74, 6) is 0.776. The van der Waals surface area contributed by atoms with E-state index in [1.165, 1.54) is 0 Å². The van der Waals surface area contributed by atoms with Crippen LogP contribution in [0, 0.1) is 0 Å². The maximum atomic E-state index is 6.05. The quantitative estimate of drug-likeness (QED) is 0.778. The van der Waals surface area contributed by atoms with Crippen molar-refractivity contribution in [3.8, 4) is 16.2 Å². The second kappa shape index (κ2) is 5.11. The van der Waals surface area contributed by atoms with Gasteiger partial charge in [0.05, 0.1) is 0 Å². The van der Waals surface area contributed by atoms with E-state index in [4.69, 9.17) is 10.5 Å². The van der Waals surface area contributed by atoms with E-state index in [1.807, 2.05) is 30.5 Å². The minimum Gasteiger partial charge on any atom is -0.469 e. The lowest BCUT2D eigenvalue weighted by Gasteiger charge is -2.23. The second-order valence-corrected chi connectivity index (χ2v) is 6.55. The number of hydrogen-bond acceptors (Lipinski definition) is 5. The van der Waals surface area contributed by atoms with Crippen LogP contribution in [0.25, 0.3) is 16.0 Å². The molecule has 1 atom stereocenters. The van der Waals surface area contributed by atoms with Crippen LogP contribution in [0.3, 0.4) is 0 Å². The van der Waals surface area contributed by atoms with E-state index in [0.29, 0.717) is 0 Å². The van der Waals surface area contributed by atoms with Crippen molar-refractivity contribution in [1.82, 2.24) is 4.98 Å². The fourth-order valence-electron chi connectivity index (χ4n) is 2.43. The first kappa shape index (κ1) is 12.8. The molecule has 3 aromatic rings. The molecule has 0 aromatic carbocycles. The molecule has 0 bridgehead atoms. The van der Waals surface area contributed by atoms with Crippen molar-refractivity contribution >= 4 is 28.2 Å². The Morgan fingerprint density at radius 1 is 1.05 bits per heavy atom. The number of nitrogens with zero attached hydrogens (tertiary/aromatic N) is 1. The molecule has 0 amide bonds. The zero-order valence-corrected chi connectivity index (χ0v) is 12.7. The number of hydrogen-bond donors (Lipinski definition) is 1. The summed E-state index contributed by atoms with van der Waals surface area (Å²) in [6.45, 7) is 0. The molecular weight excluding hydrogens is 300 g/mol. The van der Waals surface area contributed by atoms with E-state index < -0.39 is 6.23 Å². The number of nitrogens with two attached hydrogens (primary N) is 1. The van der Waals surface area contributed by atoms with Crippen molar-refractivity contribution in [2.75, 3.05) is 0 Å². The SMILES string of the molecule is NC1C=C(c2cccs2)c2nccc(-c3cccs3)c2O1. The van der Waals surface area contributed by atoms with Gasteiger partial charge in [-0.2, -0.15) is 0 Å². The highest BCUT2D eigenvalue weighted by Crippen LogP contribution is 2.42. The summed E-state index contributed by atoms with van der Waals surface area (Å²) >= 11 is 3.36. The van der Waals surface area contributed by atoms with E-state index in [9.17, 15) is 0 Å². The first-order chi connectivity index (χ1) is 10.3. The van der Waals surface area contributed by atoms with E-state index >= 15 is 0 Å². The molecular formula is C16H12N2OS2. The Hall–Kier alpha value is -1.95. The first-order valence-electron chi connectivity index (χ1n) is 6.54. The third kappa shape index (κ3) is 2.19. The van der Waals surface area contributed by atoms with Crippen molar-refractivity contribution in [3.05, 3.63) is 63.9 Å². The molecule has 0 radical (unpaired) electrons. The number of thiophene rings is 2. The van der Waals surface area contributed by atoms with Gasteiger partial charge in [-0.25, -0.2) is 0 Å². The van der Waals surface area contributed by atoms with E-state index in [0.717, 1.165) is 32.3 Å². The van der Waals surface area contributed by atoms with Gasteiger partial charge in [0.25, 0.3) is 0 Å². The summed E-state index contributed by atoms with van der Waals surface area (Å²) in [5, 5.41) is 4.11. The molecule has 2 N–H and O–H groups in total. The molecule has 0 saturated carbocycles. The van der Waals surface area contributed by atoms with Crippen molar-refractivity contribution in [2.45, 2.75) is 6.23 Å². The lowest BCUT2D eigenvalue weighted by atomic mass is 10.0. The van der Waals surface area contributed by atoms with Crippen molar-refractivity contribution in [1.29, 1.82) is 0 Å². The van der Waals surface area contributed by atoms with Gasteiger partial charge in [-0.15, -0.1) is 22.7 Å². The Balaban J connectivity index is 1.92. The average Bonchev–Trinajstić information content (AvgIpc) is 3.19. The standard InChI is InChI=1S/C16H12N2OS2/c17-14-9-11(13-4-2-8-21-13)15-16(19-14)10(5-6-18-15)12-3-1-7-20-12/h1-9,14H,17H2. The zero-order chi connectivity index (χ0) is 14.2. The molecule has 21 heavy (non-hydrogen) atoms. The zero-order valence-electron chi connectivity index (χ0n) is 11.0. The third-order valence-corrected chi connectivity index (χ3v) is 5.12. The lowest BCUT2D eigenvalue weighted by Crippen LogP contribution is -2.28. The molecule has 0 aliphatic carbocycles. The van der Waals surface area contributed by atoms with Crippen LogP contribution in [-0.4, -0.2) is 11.2 Å².